The molecule has 0 spiro atoms. The minimum Gasteiger partial charge on any atom is -0.439 e. The first-order valence-corrected chi connectivity index (χ1v) is 11.4. The molecule has 7 heteroatoms. The van der Waals surface area contributed by atoms with E-state index < -0.39 is 11.9 Å². The molecule has 0 radical (unpaired) electrons. The van der Waals surface area contributed by atoms with E-state index in [0.717, 1.165) is 41.8 Å². The largest absolute Gasteiger partial charge is 0.439 e. The van der Waals surface area contributed by atoms with Crippen LogP contribution in [-0.2, 0) is 11.2 Å². The number of benzene rings is 2. The van der Waals surface area contributed by atoms with E-state index in [9.17, 15) is 14.4 Å². The van der Waals surface area contributed by atoms with E-state index in [1.54, 1.807) is 6.07 Å². The minimum absolute atomic E-state index is 0.120. The van der Waals surface area contributed by atoms with E-state index >= 15 is 0 Å². The zero-order chi connectivity index (χ0) is 23.1. The quantitative estimate of drug-likeness (QED) is 0.729. The Labute approximate surface area is 193 Å². The maximum atomic E-state index is 15.0. The number of anilines is 1. The number of carbonyl (C=O) groups excluding carboxylic acids is 1. The molecule has 2 N–H and O–H groups in total. The summed E-state index contributed by atoms with van der Waals surface area (Å²) in [5, 5.41) is 15.8. The zero-order valence-electron chi connectivity index (χ0n) is 18.6. The van der Waals surface area contributed by atoms with E-state index in [0.29, 0.717) is 23.4 Å². The second-order valence-corrected chi connectivity index (χ2v) is 9.19. The average molecular weight is 447 g/mol. The number of ether oxygens (including phenoxy) is 1. The Morgan fingerprint density at radius 3 is 2.88 bits per heavy atom. The van der Waals surface area contributed by atoms with Crippen molar-refractivity contribution < 1.29 is 13.9 Å². The molecule has 2 aliphatic heterocycles. The molecule has 2 aromatic carbocycles. The SMILES string of the molecule is C=C1Oc2ccc(-c3ccc(CC(C#N)NC(=O)C4CC5CCCC5N4)c(F)c3)cc2N1C. The van der Waals surface area contributed by atoms with Gasteiger partial charge in [-0.1, -0.05) is 24.6 Å². The summed E-state index contributed by atoms with van der Waals surface area (Å²) in [4.78, 5) is 14.5. The van der Waals surface area contributed by atoms with E-state index in [1.807, 2.05) is 36.2 Å². The fraction of sp³-hybridized carbons (Fsp3) is 0.385. The first-order valence-electron chi connectivity index (χ1n) is 11.4. The number of nitrogens with zero attached hydrogens (tertiary/aromatic N) is 2. The molecule has 0 aromatic heterocycles. The van der Waals surface area contributed by atoms with E-state index in [-0.39, 0.29) is 18.4 Å². The Kier molecular flexibility index (Phi) is 5.55. The number of hydrogen-bond donors (Lipinski definition) is 2. The highest BCUT2D eigenvalue weighted by molar-refractivity contribution is 5.83. The van der Waals surface area contributed by atoms with Crippen LogP contribution in [0.5, 0.6) is 5.75 Å². The van der Waals surface area contributed by atoms with Crippen molar-refractivity contribution in [3.63, 3.8) is 0 Å². The van der Waals surface area contributed by atoms with Gasteiger partial charge < -0.3 is 20.3 Å². The predicted octanol–water partition coefficient (Wildman–Crippen LogP) is 3.87. The molecule has 3 aliphatic rings. The number of rotatable bonds is 5. The Bertz CT molecular complexity index is 1150. The Balaban J connectivity index is 1.26. The average Bonchev–Trinajstić information content (AvgIpc) is 3.48. The smallest absolute Gasteiger partial charge is 0.238 e. The van der Waals surface area contributed by atoms with Crippen LogP contribution < -0.4 is 20.3 Å². The Morgan fingerprint density at radius 1 is 1.33 bits per heavy atom. The van der Waals surface area contributed by atoms with Crippen LogP contribution in [0, 0.1) is 23.1 Å². The predicted molar refractivity (Wildman–Crippen MR) is 124 cm³/mol. The lowest BCUT2D eigenvalue weighted by Gasteiger charge is -2.17. The van der Waals surface area contributed by atoms with Crippen LogP contribution in [-0.4, -0.2) is 31.1 Å². The fourth-order valence-electron chi connectivity index (χ4n) is 5.24. The van der Waals surface area contributed by atoms with Gasteiger partial charge in [-0.25, -0.2) is 4.39 Å². The molecule has 33 heavy (non-hydrogen) atoms. The summed E-state index contributed by atoms with van der Waals surface area (Å²) in [6, 6.07) is 12.1. The normalized spacial score (nSPS) is 24.1. The molecule has 2 fully saturated rings. The highest BCUT2D eigenvalue weighted by Crippen LogP contribution is 2.40. The maximum absolute atomic E-state index is 15.0. The summed E-state index contributed by atoms with van der Waals surface area (Å²) in [7, 11) is 1.87. The number of fused-ring (bicyclic) bond motifs is 2. The van der Waals surface area contributed by atoms with Crippen LogP contribution in [0.1, 0.15) is 31.2 Å². The molecule has 4 unspecified atom stereocenters. The van der Waals surface area contributed by atoms with Crippen molar-refractivity contribution in [2.24, 2.45) is 5.92 Å². The molecule has 5 rings (SSSR count). The number of nitriles is 1. The molecule has 1 amide bonds. The van der Waals surface area contributed by atoms with Gasteiger partial charge in [-0.3, -0.25) is 4.79 Å². The molecule has 0 bridgehead atoms. The van der Waals surface area contributed by atoms with Gasteiger partial charge >= 0.3 is 0 Å². The monoisotopic (exact) mass is 446 g/mol. The topological polar surface area (TPSA) is 77.4 Å². The summed E-state index contributed by atoms with van der Waals surface area (Å²) in [5.74, 6) is 1.25. The standard InChI is InChI=1S/C26H27FN4O2/c1-15-31(2)24-13-17(8-9-25(24)33-15)16-6-7-18(21(27)11-16)10-20(14-28)29-26(32)23-12-19-4-3-5-22(19)30-23/h6-9,11,13,19-20,22-23,30H,1,3-5,10,12H2,2H3,(H,29,32). The first kappa shape index (κ1) is 21.5. The number of carbonyl (C=O) groups is 1. The molecule has 6 nitrogen and oxygen atoms in total. The molecule has 2 heterocycles. The highest BCUT2D eigenvalue weighted by Gasteiger charge is 2.40. The van der Waals surface area contributed by atoms with Crippen molar-refractivity contribution in [1.82, 2.24) is 10.6 Å². The van der Waals surface area contributed by atoms with Gasteiger partial charge in [0.15, 0.2) is 11.6 Å². The summed E-state index contributed by atoms with van der Waals surface area (Å²) in [5.41, 5.74) is 2.85. The molecule has 2 aromatic rings. The third kappa shape index (κ3) is 4.07. The summed E-state index contributed by atoms with van der Waals surface area (Å²) >= 11 is 0. The van der Waals surface area contributed by atoms with Gasteiger partial charge in [0.2, 0.25) is 5.91 Å². The van der Waals surface area contributed by atoms with Crippen molar-refractivity contribution in [3.05, 3.63) is 60.2 Å². The van der Waals surface area contributed by atoms with E-state index in [2.05, 4.69) is 23.3 Å². The summed E-state index contributed by atoms with van der Waals surface area (Å²) in [6.45, 7) is 3.86. The number of amides is 1. The molecule has 1 saturated carbocycles. The van der Waals surface area contributed by atoms with Crippen LogP contribution in [0.4, 0.5) is 10.1 Å². The number of nitrogens with one attached hydrogen (secondary N) is 2. The van der Waals surface area contributed by atoms with Gasteiger partial charge in [-0.05, 0) is 66.6 Å². The van der Waals surface area contributed by atoms with Crippen molar-refractivity contribution in [2.45, 2.75) is 50.2 Å². The molecular weight excluding hydrogens is 419 g/mol. The van der Waals surface area contributed by atoms with Crippen molar-refractivity contribution in [1.29, 1.82) is 5.26 Å². The summed E-state index contributed by atoms with van der Waals surface area (Å²) < 4.78 is 20.5. The minimum atomic E-state index is -0.781. The fourth-order valence-corrected chi connectivity index (χ4v) is 5.24. The molecule has 170 valence electrons. The molecular formula is C26H27FN4O2. The zero-order valence-corrected chi connectivity index (χ0v) is 18.6. The number of hydrogen-bond acceptors (Lipinski definition) is 5. The van der Waals surface area contributed by atoms with Crippen LogP contribution in [0.15, 0.2) is 48.9 Å². The van der Waals surface area contributed by atoms with Crippen molar-refractivity contribution >= 4 is 11.6 Å². The van der Waals surface area contributed by atoms with Gasteiger partial charge in [-0.15, -0.1) is 0 Å². The number of halogens is 1. The van der Waals surface area contributed by atoms with Crippen LogP contribution in [0.3, 0.4) is 0 Å². The molecule has 1 saturated heterocycles. The lowest BCUT2D eigenvalue weighted by atomic mass is 9.99. The van der Waals surface area contributed by atoms with Crippen LogP contribution in [0.25, 0.3) is 11.1 Å². The second-order valence-electron chi connectivity index (χ2n) is 9.19. The van der Waals surface area contributed by atoms with Gasteiger partial charge in [-0.2, -0.15) is 5.26 Å². The van der Waals surface area contributed by atoms with Gasteiger partial charge in [0.1, 0.15) is 11.9 Å². The van der Waals surface area contributed by atoms with E-state index in [4.69, 9.17) is 4.74 Å². The van der Waals surface area contributed by atoms with Gasteiger partial charge in [0, 0.05) is 19.5 Å². The lowest BCUT2D eigenvalue weighted by molar-refractivity contribution is -0.123. The van der Waals surface area contributed by atoms with Crippen molar-refractivity contribution in [2.75, 3.05) is 11.9 Å². The summed E-state index contributed by atoms with van der Waals surface area (Å²) in [6.07, 6.45) is 4.40. The first-order chi connectivity index (χ1) is 15.9. The third-order valence-electron chi connectivity index (χ3n) is 7.13. The second kappa shape index (κ2) is 8.53. The maximum Gasteiger partial charge on any atom is 0.238 e. The molecule has 1 aliphatic carbocycles. The highest BCUT2D eigenvalue weighted by atomic mass is 19.1. The van der Waals surface area contributed by atoms with Crippen LogP contribution in [0.2, 0.25) is 0 Å². The van der Waals surface area contributed by atoms with E-state index in [1.165, 1.54) is 12.5 Å². The van der Waals surface area contributed by atoms with Crippen molar-refractivity contribution in [3.8, 4) is 22.9 Å². The lowest BCUT2D eigenvalue weighted by Crippen LogP contribution is -2.46. The Morgan fingerprint density at radius 2 is 2.12 bits per heavy atom. The Hall–Kier alpha value is -3.37. The van der Waals surface area contributed by atoms with Gasteiger partial charge in [0.25, 0.3) is 0 Å². The van der Waals surface area contributed by atoms with Gasteiger partial charge in [0.05, 0.1) is 17.8 Å². The third-order valence-corrected chi connectivity index (χ3v) is 7.13. The van der Waals surface area contributed by atoms with Crippen LogP contribution >= 0.6 is 0 Å². The molecule has 4 atom stereocenters.